The van der Waals surface area contributed by atoms with Crippen LogP contribution in [0.25, 0.3) is 0 Å². The van der Waals surface area contributed by atoms with E-state index in [9.17, 15) is 18.4 Å². The average Bonchev–Trinajstić information content (AvgIpc) is 1.96. The minimum atomic E-state index is -3.67. The molecule has 9 heavy (non-hydrogen) atoms. The van der Waals surface area contributed by atoms with E-state index in [0.717, 1.165) is 0 Å². The number of halogens is 2. The standard InChI is InChI=1S/C5H4F2O2/c6-5(7)3(8)1-2-4(5)9/h1-2H2. The average molecular weight is 134 g/mol. The van der Waals surface area contributed by atoms with Gasteiger partial charge in [-0.15, -0.1) is 0 Å². The summed E-state index contributed by atoms with van der Waals surface area (Å²) in [6.45, 7) is 0. The lowest BCUT2D eigenvalue weighted by molar-refractivity contribution is -0.149. The van der Waals surface area contributed by atoms with Crippen molar-refractivity contribution >= 4 is 11.6 Å². The number of hydrogen-bond donors (Lipinski definition) is 0. The largest absolute Gasteiger partial charge is 0.362 e. The van der Waals surface area contributed by atoms with Crippen molar-refractivity contribution < 1.29 is 18.4 Å². The van der Waals surface area contributed by atoms with E-state index in [2.05, 4.69) is 0 Å². The Balaban J connectivity index is 2.91. The van der Waals surface area contributed by atoms with Crippen LogP contribution >= 0.6 is 0 Å². The summed E-state index contributed by atoms with van der Waals surface area (Å²) in [5.41, 5.74) is 0. The van der Waals surface area contributed by atoms with E-state index in [1.54, 1.807) is 0 Å². The molecule has 0 aromatic rings. The maximum atomic E-state index is 12.0. The molecule has 0 N–H and O–H groups in total. The van der Waals surface area contributed by atoms with Gasteiger partial charge in [-0.2, -0.15) is 8.78 Å². The van der Waals surface area contributed by atoms with Gasteiger partial charge in [-0.3, -0.25) is 9.59 Å². The van der Waals surface area contributed by atoms with Crippen LogP contribution in [0.15, 0.2) is 0 Å². The van der Waals surface area contributed by atoms with Gasteiger partial charge in [-0.05, 0) is 0 Å². The highest BCUT2D eigenvalue weighted by Crippen LogP contribution is 2.27. The molecule has 0 radical (unpaired) electrons. The van der Waals surface area contributed by atoms with Crippen molar-refractivity contribution in [3.8, 4) is 0 Å². The molecule has 0 saturated heterocycles. The van der Waals surface area contributed by atoms with E-state index >= 15 is 0 Å². The molecule has 1 rings (SSSR count). The van der Waals surface area contributed by atoms with E-state index in [1.165, 1.54) is 0 Å². The first-order chi connectivity index (χ1) is 4.05. The summed E-state index contributed by atoms with van der Waals surface area (Å²) in [6.07, 6.45) is -0.600. The van der Waals surface area contributed by atoms with Crippen LogP contribution in [0, 0.1) is 0 Å². The molecule has 0 aromatic heterocycles. The normalized spacial score (nSPS) is 25.1. The second-order valence-electron chi connectivity index (χ2n) is 1.92. The molecule has 0 aromatic carbocycles. The van der Waals surface area contributed by atoms with Crippen LogP contribution in [0.1, 0.15) is 12.8 Å². The van der Waals surface area contributed by atoms with Gasteiger partial charge < -0.3 is 0 Å². The number of alkyl halides is 2. The van der Waals surface area contributed by atoms with Crippen LogP contribution in [0.4, 0.5) is 8.78 Å². The molecule has 0 amide bonds. The number of rotatable bonds is 0. The molecule has 4 heteroatoms. The van der Waals surface area contributed by atoms with Crippen LogP contribution < -0.4 is 0 Å². The molecule has 1 aliphatic rings. The van der Waals surface area contributed by atoms with Gasteiger partial charge in [0.1, 0.15) is 0 Å². The molecule has 50 valence electrons. The number of carbonyl (C=O) groups excluding carboxylic acids is 2. The third-order valence-corrected chi connectivity index (χ3v) is 1.28. The predicted molar refractivity (Wildman–Crippen MR) is 24.2 cm³/mol. The van der Waals surface area contributed by atoms with Gasteiger partial charge in [0.05, 0.1) is 0 Å². The molecular weight excluding hydrogens is 130 g/mol. The Morgan fingerprint density at radius 2 is 1.44 bits per heavy atom. The molecule has 1 saturated carbocycles. The fourth-order valence-corrected chi connectivity index (χ4v) is 0.697. The highest BCUT2D eigenvalue weighted by Gasteiger charge is 2.50. The van der Waals surface area contributed by atoms with Crippen molar-refractivity contribution in [1.82, 2.24) is 0 Å². The number of carbonyl (C=O) groups is 2. The Bertz CT molecular complexity index is 156. The zero-order valence-electron chi connectivity index (χ0n) is 4.49. The molecule has 0 spiro atoms. The maximum absolute atomic E-state index is 12.0. The molecule has 1 aliphatic carbocycles. The summed E-state index contributed by atoms with van der Waals surface area (Å²) in [7, 11) is 0. The second kappa shape index (κ2) is 1.59. The first kappa shape index (κ1) is 6.32. The number of Topliss-reactive ketones (excluding diaryl/α,β-unsaturated/α-hetero) is 2. The topological polar surface area (TPSA) is 34.1 Å². The lowest BCUT2D eigenvalue weighted by Gasteiger charge is -2.00. The highest BCUT2D eigenvalue weighted by atomic mass is 19.3. The Kier molecular flexibility index (Phi) is 1.12. The van der Waals surface area contributed by atoms with E-state index in [0.29, 0.717) is 0 Å². The first-order valence-corrected chi connectivity index (χ1v) is 2.49. The molecule has 0 atom stereocenters. The summed E-state index contributed by atoms with van der Waals surface area (Å²) in [6, 6.07) is 0. The summed E-state index contributed by atoms with van der Waals surface area (Å²) < 4.78 is 24.1. The van der Waals surface area contributed by atoms with Crippen LogP contribution in [-0.4, -0.2) is 17.5 Å². The van der Waals surface area contributed by atoms with Crippen molar-refractivity contribution in [1.29, 1.82) is 0 Å². The summed E-state index contributed by atoms with van der Waals surface area (Å²) in [4.78, 5) is 20.3. The zero-order chi connectivity index (χ0) is 7.07. The number of hydrogen-bond acceptors (Lipinski definition) is 2. The highest BCUT2D eigenvalue weighted by molar-refractivity contribution is 6.14. The van der Waals surface area contributed by atoms with Crippen molar-refractivity contribution in [2.75, 3.05) is 0 Å². The van der Waals surface area contributed by atoms with Crippen molar-refractivity contribution in [2.45, 2.75) is 18.8 Å². The lowest BCUT2D eigenvalue weighted by atomic mass is 10.3. The lowest BCUT2D eigenvalue weighted by Crippen LogP contribution is -2.29. The van der Waals surface area contributed by atoms with Crippen LogP contribution in [0.5, 0.6) is 0 Å². The molecule has 2 nitrogen and oxygen atoms in total. The van der Waals surface area contributed by atoms with E-state index in [1.807, 2.05) is 0 Å². The fourth-order valence-electron chi connectivity index (χ4n) is 0.697. The monoisotopic (exact) mass is 134 g/mol. The van der Waals surface area contributed by atoms with Gasteiger partial charge in [0.25, 0.3) is 0 Å². The molecule has 0 heterocycles. The van der Waals surface area contributed by atoms with Crippen LogP contribution in [-0.2, 0) is 9.59 Å². The van der Waals surface area contributed by atoms with E-state index in [-0.39, 0.29) is 12.8 Å². The maximum Gasteiger partial charge on any atom is 0.362 e. The summed E-state index contributed by atoms with van der Waals surface area (Å²) >= 11 is 0. The van der Waals surface area contributed by atoms with Crippen LogP contribution in [0.3, 0.4) is 0 Å². The smallest absolute Gasteiger partial charge is 0.292 e. The zero-order valence-corrected chi connectivity index (χ0v) is 4.49. The van der Waals surface area contributed by atoms with Crippen molar-refractivity contribution in [2.24, 2.45) is 0 Å². The summed E-state index contributed by atoms with van der Waals surface area (Å²) in [5.74, 6) is -6.15. The Morgan fingerprint density at radius 1 is 1.11 bits per heavy atom. The molecular formula is C5H4F2O2. The minimum absolute atomic E-state index is 0.300. The van der Waals surface area contributed by atoms with Crippen molar-refractivity contribution in [3.63, 3.8) is 0 Å². The molecule has 0 aliphatic heterocycles. The van der Waals surface area contributed by atoms with Gasteiger partial charge >= 0.3 is 5.92 Å². The van der Waals surface area contributed by atoms with E-state index < -0.39 is 17.5 Å². The number of ketones is 2. The second-order valence-corrected chi connectivity index (χ2v) is 1.92. The quantitative estimate of drug-likeness (QED) is 0.453. The Morgan fingerprint density at radius 3 is 1.56 bits per heavy atom. The SMILES string of the molecule is O=C1CCC(=O)C1(F)F. The third-order valence-electron chi connectivity index (χ3n) is 1.28. The molecule has 1 fully saturated rings. The molecule has 0 bridgehead atoms. The van der Waals surface area contributed by atoms with E-state index in [4.69, 9.17) is 0 Å². The van der Waals surface area contributed by atoms with Gasteiger partial charge in [0.2, 0.25) is 11.6 Å². The predicted octanol–water partition coefficient (Wildman–Crippen LogP) is 0.554. The fraction of sp³-hybridized carbons (Fsp3) is 0.600. The van der Waals surface area contributed by atoms with Gasteiger partial charge in [0, 0.05) is 12.8 Å². The van der Waals surface area contributed by atoms with Gasteiger partial charge in [0.15, 0.2) is 0 Å². The van der Waals surface area contributed by atoms with Crippen LogP contribution in [0.2, 0.25) is 0 Å². The van der Waals surface area contributed by atoms with Crippen molar-refractivity contribution in [3.05, 3.63) is 0 Å². The molecule has 0 unspecified atom stereocenters. The van der Waals surface area contributed by atoms with Gasteiger partial charge in [-0.25, -0.2) is 0 Å². The first-order valence-electron chi connectivity index (χ1n) is 2.49. The Labute approximate surface area is 49.8 Å². The van der Waals surface area contributed by atoms with Gasteiger partial charge in [-0.1, -0.05) is 0 Å². The summed E-state index contributed by atoms with van der Waals surface area (Å²) in [5, 5.41) is 0. The third kappa shape index (κ3) is 0.742. The minimum Gasteiger partial charge on any atom is -0.292 e. The Hall–Kier alpha value is -0.800.